The number of carbonyl (C=O) groups is 1. The van der Waals surface area contributed by atoms with E-state index in [0.717, 1.165) is 13.0 Å². The molecular weight excluding hydrogens is 273 g/mol. The van der Waals surface area contributed by atoms with Crippen molar-refractivity contribution in [3.05, 3.63) is 34.4 Å². The molecule has 0 aromatic heterocycles. The first kappa shape index (κ1) is 14.7. The summed E-state index contributed by atoms with van der Waals surface area (Å²) >= 11 is -2.74. The van der Waals surface area contributed by atoms with Gasteiger partial charge in [0.15, 0.2) is 0 Å². The van der Waals surface area contributed by atoms with E-state index < -0.39 is 40.1 Å². The molecule has 1 atom stereocenters. The fourth-order valence-electron chi connectivity index (χ4n) is 1.56. The zero-order valence-corrected chi connectivity index (χ0v) is 9.89. The second-order valence-electron chi connectivity index (χ2n) is 3.52. The molecule has 1 aromatic rings. The molecule has 1 aromatic carbocycles. The second kappa shape index (κ2) is 5.07. The standard InChI is InChI=1S/C10H9F3O4S/c1-5-6(9(14)15)2-3-8(10(11,12)13)7(5)4-18(16)17/h2-3H,4H2,1H3,(H,14,15)(H,16,17)/p-1. The zero-order valence-electron chi connectivity index (χ0n) is 9.08. The first-order valence-electron chi connectivity index (χ1n) is 4.63. The number of hydrogen-bond acceptors (Lipinski definition) is 3. The minimum atomic E-state index is -4.73. The molecule has 100 valence electrons. The van der Waals surface area contributed by atoms with Crippen molar-refractivity contribution in [1.82, 2.24) is 0 Å². The molecule has 1 unspecified atom stereocenters. The highest BCUT2D eigenvalue weighted by atomic mass is 32.2. The lowest BCUT2D eigenvalue weighted by molar-refractivity contribution is -0.138. The van der Waals surface area contributed by atoms with Crippen LogP contribution in [-0.4, -0.2) is 19.8 Å². The van der Waals surface area contributed by atoms with E-state index in [1.165, 1.54) is 0 Å². The lowest BCUT2D eigenvalue weighted by atomic mass is 9.97. The third kappa shape index (κ3) is 3.08. The van der Waals surface area contributed by atoms with Crippen molar-refractivity contribution in [1.29, 1.82) is 0 Å². The van der Waals surface area contributed by atoms with Crippen LogP contribution in [0.25, 0.3) is 0 Å². The summed E-state index contributed by atoms with van der Waals surface area (Å²) in [6, 6.07) is 1.40. The molecule has 0 amide bonds. The molecule has 0 spiro atoms. The summed E-state index contributed by atoms with van der Waals surface area (Å²) in [6.45, 7) is 1.15. The molecule has 0 fully saturated rings. The van der Waals surface area contributed by atoms with E-state index in [4.69, 9.17) is 5.11 Å². The van der Waals surface area contributed by atoms with Gasteiger partial charge in [0.1, 0.15) is 0 Å². The summed E-state index contributed by atoms with van der Waals surface area (Å²) in [7, 11) is 0. The maximum atomic E-state index is 12.7. The van der Waals surface area contributed by atoms with Gasteiger partial charge in [-0.15, -0.1) is 0 Å². The molecule has 1 N–H and O–H groups in total. The van der Waals surface area contributed by atoms with Crippen LogP contribution in [0.5, 0.6) is 0 Å². The van der Waals surface area contributed by atoms with Crippen LogP contribution in [0.2, 0.25) is 0 Å². The van der Waals surface area contributed by atoms with Crippen LogP contribution in [0.4, 0.5) is 13.2 Å². The Morgan fingerprint density at radius 3 is 2.39 bits per heavy atom. The minimum absolute atomic E-state index is 0.193. The Morgan fingerprint density at radius 2 is 2.00 bits per heavy atom. The molecule has 0 heterocycles. The minimum Gasteiger partial charge on any atom is -0.772 e. The highest BCUT2D eigenvalue weighted by Gasteiger charge is 2.34. The number of hydrogen-bond donors (Lipinski definition) is 1. The van der Waals surface area contributed by atoms with Crippen molar-refractivity contribution in [3.63, 3.8) is 0 Å². The van der Waals surface area contributed by atoms with E-state index in [2.05, 4.69) is 0 Å². The molecule has 0 saturated heterocycles. The SMILES string of the molecule is Cc1c(C(=O)O)ccc(C(F)(F)F)c1CS(=O)[O-]. The van der Waals surface area contributed by atoms with Crippen LogP contribution in [0.1, 0.15) is 27.0 Å². The van der Waals surface area contributed by atoms with Crippen molar-refractivity contribution < 1.29 is 31.8 Å². The molecule has 0 aliphatic rings. The molecule has 0 radical (unpaired) electrons. The van der Waals surface area contributed by atoms with Gasteiger partial charge in [0.2, 0.25) is 0 Å². The number of halogens is 3. The lowest BCUT2D eigenvalue weighted by Gasteiger charge is -2.17. The Hall–Kier alpha value is -1.41. The average Bonchev–Trinajstić information content (AvgIpc) is 2.17. The smallest absolute Gasteiger partial charge is 0.416 e. The van der Waals surface area contributed by atoms with Gasteiger partial charge in [-0.05, 0) is 30.2 Å². The molecule has 0 bridgehead atoms. The van der Waals surface area contributed by atoms with E-state index in [-0.39, 0.29) is 11.1 Å². The van der Waals surface area contributed by atoms with Gasteiger partial charge < -0.3 is 9.66 Å². The summed E-state index contributed by atoms with van der Waals surface area (Å²) in [5, 5.41) is 8.78. The zero-order chi connectivity index (χ0) is 14.1. The average molecular weight is 281 g/mol. The predicted molar refractivity (Wildman–Crippen MR) is 55.8 cm³/mol. The molecule has 4 nitrogen and oxygen atoms in total. The molecule has 0 aliphatic heterocycles. The molecule has 8 heteroatoms. The van der Waals surface area contributed by atoms with Crippen molar-refractivity contribution in [2.45, 2.75) is 18.9 Å². The van der Waals surface area contributed by atoms with E-state index in [9.17, 15) is 26.7 Å². The van der Waals surface area contributed by atoms with Gasteiger partial charge in [0, 0.05) is 5.75 Å². The molecule has 0 saturated carbocycles. The summed E-state index contributed by atoms with van der Waals surface area (Å²) in [4.78, 5) is 10.8. The lowest BCUT2D eigenvalue weighted by Crippen LogP contribution is -2.14. The molecule has 0 aliphatic carbocycles. The Bertz CT molecular complexity index is 511. The van der Waals surface area contributed by atoms with Crippen LogP contribution < -0.4 is 0 Å². The van der Waals surface area contributed by atoms with Crippen molar-refractivity contribution >= 4 is 17.0 Å². The van der Waals surface area contributed by atoms with Crippen molar-refractivity contribution in [2.24, 2.45) is 0 Å². The van der Waals surface area contributed by atoms with Gasteiger partial charge in [-0.2, -0.15) is 13.2 Å². The van der Waals surface area contributed by atoms with E-state index in [1.807, 2.05) is 0 Å². The van der Waals surface area contributed by atoms with Crippen LogP contribution >= 0.6 is 0 Å². The summed E-state index contributed by atoms with van der Waals surface area (Å²) in [5.41, 5.74) is -2.20. The fraction of sp³-hybridized carbons (Fsp3) is 0.300. The van der Waals surface area contributed by atoms with Gasteiger partial charge in [-0.3, -0.25) is 4.21 Å². The van der Waals surface area contributed by atoms with Crippen LogP contribution in [0.3, 0.4) is 0 Å². The largest absolute Gasteiger partial charge is 0.772 e. The van der Waals surface area contributed by atoms with E-state index in [1.54, 1.807) is 0 Å². The number of carboxylic acid groups (broad SMARTS) is 1. The summed E-state index contributed by atoms with van der Waals surface area (Å²) in [5.74, 6) is -2.28. The summed E-state index contributed by atoms with van der Waals surface area (Å²) in [6.07, 6.45) is -4.73. The number of rotatable bonds is 3. The Morgan fingerprint density at radius 1 is 1.44 bits per heavy atom. The van der Waals surface area contributed by atoms with Gasteiger partial charge in [0.25, 0.3) is 0 Å². The number of carboxylic acids is 1. The van der Waals surface area contributed by atoms with Gasteiger partial charge >= 0.3 is 12.1 Å². The second-order valence-corrected chi connectivity index (χ2v) is 4.41. The fourth-order valence-corrected chi connectivity index (χ4v) is 2.17. The maximum absolute atomic E-state index is 12.7. The third-order valence-corrected chi connectivity index (χ3v) is 2.92. The normalized spacial score (nSPS) is 13.4. The van der Waals surface area contributed by atoms with Crippen molar-refractivity contribution in [2.75, 3.05) is 0 Å². The number of aromatic carboxylic acids is 1. The Kier molecular flexibility index (Phi) is 4.12. The third-order valence-electron chi connectivity index (χ3n) is 2.40. The van der Waals surface area contributed by atoms with E-state index >= 15 is 0 Å². The monoisotopic (exact) mass is 281 g/mol. The molecular formula is C10H8F3O4S-. The van der Waals surface area contributed by atoms with Gasteiger partial charge in [0.05, 0.1) is 11.1 Å². The van der Waals surface area contributed by atoms with Crippen LogP contribution in [0, 0.1) is 6.92 Å². The van der Waals surface area contributed by atoms with Crippen LogP contribution in [0.15, 0.2) is 12.1 Å². The first-order chi connectivity index (χ1) is 8.14. The Labute approximate surface area is 103 Å². The van der Waals surface area contributed by atoms with Gasteiger partial charge in [-0.25, -0.2) is 4.79 Å². The molecule has 18 heavy (non-hydrogen) atoms. The number of benzene rings is 1. The van der Waals surface area contributed by atoms with E-state index in [0.29, 0.717) is 6.07 Å². The van der Waals surface area contributed by atoms with Crippen molar-refractivity contribution in [3.8, 4) is 0 Å². The predicted octanol–water partition coefficient (Wildman–Crippen LogP) is 2.09. The van der Waals surface area contributed by atoms with Gasteiger partial charge in [-0.1, -0.05) is 11.1 Å². The number of alkyl halides is 3. The first-order valence-corrected chi connectivity index (χ1v) is 5.87. The Balaban J connectivity index is 3.51. The van der Waals surface area contributed by atoms with Crippen LogP contribution in [-0.2, 0) is 23.0 Å². The quantitative estimate of drug-likeness (QED) is 0.860. The topological polar surface area (TPSA) is 77.4 Å². The summed E-state index contributed by atoms with van der Waals surface area (Å²) < 4.78 is 59.1. The highest BCUT2D eigenvalue weighted by Crippen LogP contribution is 2.35. The maximum Gasteiger partial charge on any atom is 0.416 e. The molecule has 1 rings (SSSR count). The highest BCUT2D eigenvalue weighted by molar-refractivity contribution is 7.78.